The molecule has 0 radical (unpaired) electrons. The van der Waals surface area contributed by atoms with Crippen LogP contribution in [0.1, 0.15) is 29.9 Å². The van der Waals surface area contributed by atoms with Crippen molar-refractivity contribution in [3.63, 3.8) is 0 Å². The summed E-state index contributed by atoms with van der Waals surface area (Å²) in [6.07, 6.45) is 0.931. The Kier molecular flexibility index (Phi) is 5.31. The van der Waals surface area contributed by atoms with E-state index in [1.54, 1.807) is 18.9 Å². The molecule has 2 atom stereocenters. The second-order valence-corrected chi connectivity index (χ2v) is 6.29. The molecule has 4 nitrogen and oxygen atoms in total. The molecule has 114 valence electrons. The molecule has 0 spiro atoms. The van der Waals surface area contributed by atoms with Crippen molar-refractivity contribution >= 4 is 11.8 Å². The number of nitrogens with two attached hydrogens (primary N) is 1. The number of thioether (sulfide) groups is 1. The predicted octanol–water partition coefficient (Wildman–Crippen LogP) is 3.31. The van der Waals surface area contributed by atoms with E-state index in [1.807, 2.05) is 30.8 Å². The van der Waals surface area contributed by atoms with Crippen LogP contribution in [-0.2, 0) is 7.05 Å². The molecule has 0 saturated heterocycles. The van der Waals surface area contributed by atoms with Crippen LogP contribution in [0.3, 0.4) is 0 Å². The summed E-state index contributed by atoms with van der Waals surface area (Å²) in [4.78, 5) is 0. The molecule has 0 fully saturated rings. The fraction of sp³-hybridized carbons (Fsp3) is 0.438. The van der Waals surface area contributed by atoms with Gasteiger partial charge in [0.1, 0.15) is 5.75 Å². The van der Waals surface area contributed by atoms with Gasteiger partial charge in [0.25, 0.3) is 0 Å². The largest absolute Gasteiger partial charge is 0.497 e. The second-order valence-electron chi connectivity index (χ2n) is 5.13. The average molecular weight is 305 g/mol. The molecule has 0 aliphatic rings. The van der Waals surface area contributed by atoms with Gasteiger partial charge in [-0.15, -0.1) is 0 Å². The normalized spacial score (nSPS) is 14.0. The molecule has 0 aliphatic heterocycles. The highest BCUT2D eigenvalue weighted by atomic mass is 32.2. The van der Waals surface area contributed by atoms with Crippen molar-refractivity contribution in [2.45, 2.75) is 36.6 Å². The molecule has 2 rings (SSSR count). The molecule has 2 N–H and O–H groups in total. The first-order chi connectivity index (χ1) is 10.0. The van der Waals surface area contributed by atoms with Gasteiger partial charge in [-0.05, 0) is 37.1 Å². The fourth-order valence-electron chi connectivity index (χ4n) is 2.24. The molecule has 0 saturated carbocycles. The van der Waals surface area contributed by atoms with Crippen molar-refractivity contribution in [1.82, 2.24) is 9.78 Å². The van der Waals surface area contributed by atoms with E-state index >= 15 is 0 Å². The number of rotatable bonds is 6. The smallest absolute Gasteiger partial charge is 0.118 e. The number of hydrogen-bond donors (Lipinski definition) is 1. The van der Waals surface area contributed by atoms with Crippen LogP contribution in [0.25, 0.3) is 0 Å². The Labute approximate surface area is 130 Å². The first-order valence-electron chi connectivity index (χ1n) is 7.12. The SMILES string of the molecule is CCC(N)C(Sc1cc(C)nn1C)c1ccc(OC)cc1. The number of aryl methyl sites for hydroxylation is 2. The Hall–Kier alpha value is -1.46. The van der Waals surface area contributed by atoms with Crippen LogP contribution < -0.4 is 10.5 Å². The number of nitrogens with zero attached hydrogens (tertiary/aromatic N) is 2. The fourth-order valence-corrected chi connectivity index (χ4v) is 3.59. The van der Waals surface area contributed by atoms with Crippen molar-refractivity contribution < 1.29 is 4.74 Å². The van der Waals surface area contributed by atoms with Gasteiger partial charge < -0.3 is 10.5 Å². The van der Waals surface area contributed by atoms with Gasteiger partial charge in [0.2, 0.25) is 0 Å². The molecular formula is C16H23N3OS. The third-order valence-electron chi connectivity index (χ3n) is 3.51. The van der Waals surface area contributed by atoms with E-state index in [1.165, 1.54) is 5.56 Å². The quantitative estimate of drug-likeness (QED) is 0.832. The van der Waals surface area contributed by atoms with Gasteiger partial charge in [-0.25, -0.2) is 0 Å². The zero-order valence-electron chi connectivity index (χ0n) is 13.0. The summed E-state index contributed by atoms with van der Waals surface area (Å²) < 4.78 is 7.14. The lowest BCUT2D eigenvalue weighted by Crippen LogP contribution is -2.25. The molecule has 5 heteroatoms. The van der Waals surface area contributed by atoms with Crippen molar-refractivity contribution in [2.24, 2.45) is 12.8 Å². The molecule has 0 amide bonds. The van der Waals surface area contributed by atoms with Crippen LogP contribution in [0.5, 0.6) is 5.75 Å². The minimum atomic E-state index is 0.0959. The summed E-state index contributed by atoms with van der Waals surface area (Å²) in [6.45, 7) is 4.13. The second kappa shape index (κ2) is 7.00. The Bertz CT molecular complexity index is 580. The van der Waals surface area contributed by atoms with Crippen molar-refractivity contribution in [3.8, 4) is 5.75 Å². The minimum absolute atomic E-state index is 0.0959. The lowest BCUT2D eigenvalue weighted by Gasteiger charge is -2.23. The van der Waals surface area contributed by atoms with E-state index in [2.05, 4.69) is 30.2 Å². The summed E-state index contributed by atoms with van der Waals surface area (Å²) in [5.41, 5.74) is 8.59. The molecular weight excluding hydrogens is 282 g/mol. The van der Waals surface area contributed by atoms with Crippen molar-refractivity contribution in [1.29, 1.82) is 0 Å². The summed E-state index contributed by atoms with van der Waals surface area (Å²) in [5, 5.41) is 5.75. The van der Waals surface area contributed by atoms with Gasteiger partial charge in [0.05, 0.1) is 23.1 Å². The highest BCUT2D eigenvalue weighted by Gasteiger charge is 2.21. The zero-order valence-corrected chi connectivity index (χ0v) is 13.9. The first-order valence-corrected chi connectivity index (χ1v) is 8.00. The monoisotopic (exact) mass is 305 g/mol. The molecule has 1 aromatic heterocycles. The van der Waals surface area contributed by atoms with Crippen molar-refractivity contribution in [2.75, 3.05) is 7.11 Å². The van der Waals surface area contributed by atoms with Crippen LogP contribution in [0.15, 0.2) is 35.4 Å². The topological polar surface area (TPSA) is 53.1 Å². The van der Waals surface area contributed by atoms with Gasteiger partial charge in [-0.3, -0.25) is 4.68 Å². The van der Waals surface area contributed by atoms with E-state index in [0.29, 0.717) is 0 Å². The summed E-state index contributed by atoms with van der Waals surface area (Å²) in [6, 6.07) is 10.4. The van der Waals surface area contributed by atoms with Crippen LogP contribution in [0, 0.1) is 6.92 Å². The van der Waals surface area contributed by atoms with E-state index in [4.69, 9.17) is 10.5 Å². The van der Waals surface area contributed by atoms with Gasteiger partial charge in [0, 0.05) is 13.1 Å². The van der Waals surface area contributed by atoms with Crippen LogP contribution >= 0.6 is 11.8 Å². The highest BCUT2D eigenvalue weighted by Crippen LogP contribution is 2.38. The van der Waals surface area contributed by atoms with E-state index in [9.17, 15) is 0 Å². The van der Waals surface area contributed by atoms with Gasteiger partial charge in [-0.2, -0.15) is 5.10 Å². The molecule has 0 bridgehead atoms. The Morgan fingerprint density at radius 3 is 2.48 bits per heavy atom. The van der Waals surface area contributed by atoms with Gasteiger partial charge in [0.15, 0.2) is 0 Å². The Morgan fingerprint density at radius 1 is 1.33 bits per heavy atom. The third kappa shape index (κ3) is 3.80. The highest BCUT2D eigenvalue weighted by molar-refractivity contribution is 7.99. The Morgan fingerprint density at radius 2 is 2.00 bits per heavy atom. The standard InChI is InChI=1S/C16H23N3OS/c1-5-14(17)16(12-6-8-13(20-4)9-7-12)21-15-10-11(2)18-19(15)3/h6-10,14,16H,5,17H2,1-4H3. The number of aromatic nitrogens is 2. The maximum Gasteiger partial charge on any atom is 0.118 e. The number of methoxy groups -OCH3 is 1. The summed E-state index contributed by atoms with van der Waals surface area (Å²) in [7, 11) is 3.65. The lowest BCUT2D eigenvalue weighted by molar-refractivity contribution is 0.414. The van der Waals surface area contributed by atoms with E-state index in [0.717, 1.165) is 22.9 Å². The minimum Gasteiger partial charge on any atom is -0.497 e. The number of benzene rings is 1. The number of hydrogen-bond acceptors (Lipinski definition) is 4. The van der Waals surface area contributed by atoms with Crippen LogP contribution in [-0.4, -0.2) is 22.9 Å². The molecule has 0 aliphatic carbocycles. The van der Waals surface area contributed by atoms with Gasteiger partial charge >= 0.3 is 0 Å². The molecule has 2 aromatic rings. The molecule has 1 heterocycles. The predicted molar refractivity (Wildman–Crippen MR) is 87.8 cm³/mol. The van der Waals surface area contributed by atoms with Crippen LogP contribution in [0.4, 0.5) is 0 Å². The summed E-state index contributed by atoms with van der Waals surface area (Å²) in [5.74, 6) is 0.865. The van der Waals surface area contributed by atoms with E-state index in [-0.39, 0.29) is 11.3 Å². The lowest BCUT2D eigenvalue weighted by atomic mass is 10.0. The van der Waals surface area contributed by atoms with Crippen molar-refractivity contribution in [3.05, 3.63) is 41.6 Å². The van der Waals surface area contributed by atoms with Crippen LogP contribution in [0.2, 0.25) is 0 Å². The molecule has 21 heavy (non-hydrogen) atoms. The Balaban J connectivity index is 2.27. The third-order valence-corrected chi connectivity index (χ3v) is 5.01. The maximum absolute atomic E-state index is 6.34. The van der Waals surface area contributed by atoms with E-state index < -0.39 is 0 Å². The first kappa shape index (κ1) is 15.9. The molecule has 1 aromatic carbocycles. The van der Waals surface area contributed by atoms with Gasteiger partial charge in [-0.1, -0.05) is 30.8 Å². The summed E-state index contributed by atoms with van der Waals surface area (Å²) >= 11 is 1.77. The zero-order chi connectivity index (χ0) is 15.4. The maximum atomic E-state index is 6.34. The average Bonchev–Trinajstić information content (AvgIpc) is 2.82. The molecule has 2 unspecified atom stereocenters. The number of ether oxygens (including phenoxy) is 1.